The Kier molecular flexibility index (Phi) is 5.47. The van der Waals surface area contributed by atoms with Gasteiger partial charge in [-0.15, -0.1) is 0 Å². The Morgan fingerprint density at radius 3 is 2.52 bits per heavy atom. The van der Waals surface area contributed by atoms with Gasteiger partial charge in [0.25, 0.3) is 0 Å². The molecule has 5 heteroatoms. The van der Waals surface area contributed by atoms with Crippen LogP contribution in [0.2, 0.25) is 0 Å². The number of ether oxygens (including phenoxy) is 1. The van der Waals surface area contributed by atoms with Crippen LogP contribution < -0.4 is 4.74 Å². The van der Waals surface area contributed by atoms with Gasteiger partial charge in [0.2, 0.25) is 5.91 Å². The molecule has 29 heavy (non-hydrogen) atoms. The third kappa shape index (κ3) is 3.81. The molecule has 0 fully saturated rings. The van der Waals surface area contributed by atoms with Crippen LogP contribution in [-0.4, -0.2) is 33.4 Å². The number of hydrogen-bond acceptors (Lipinski definition) is 3. The van der Waals surface area contributed by atoms with E-state index in [1.54, 1.807) is 0 Å². The van der Waals surface area contributed by atoms with E-state index in [-0.39, 0.29) is 12.5 Å². The first-order valence-corrected chi connectivity index (χ1v) is 10.0. The number of carbonyl (C=O) groups excluding carboxylic acids is 1. The first kappa shape index (κ1) is 19.0. The standard InChI is InChI=1S/C24H25N3O2/c1-3-26(4-2)24(28)16-27-21-14-8-7-13-20(21)25-23(27)17-29-22-15-9-11-18-10-5-6-12-19(18)22/h5-15H,3-4,16-17H2,1-2H3. The van der Waals surface area contributed by atoms with Gasteiger partial charge in [-0.25, -0.2) is 4.98 Å². The Morgan fingerprint density at radius 2 is 1.69 bits per heavy atom. The van der Waals surface area contributed by atoms with Gasteiger partial charge in [0, 0.05) is 18.5 Å². The Bertz CT molecular complexity index is 1140. The number of nitrogens with zero attached hydrogens (tertiary/aromatic N) is 3. The average Bonchev–Trinajstić information content (AvgIpc) is 3.10. The minimum Gasteiger partial charge on any atom is -0.485 e. The number of amides is 1. The van der Waals surface area contributed by atoms with Crippen LogP contribution in [0.15, 0.2) is 66.7 Å². The van der Waals surface area contributed by atoms with E-state index in [9.17, 15) is 4.79 Å². The van der Waals surface area contributed by atoms with E-state index >= 15 is 0 Å². The molecule has 0 saturated carbocycles. The van der Waals surface area contributed by atoms with E-state index in [1.165, 1.54) is 0 Å². The van der Waals surface area contributed by atoms with E-state index in [2.05, 4.69) is 18.2 Å². The molecule has 0 spiro atoms. The van der Waals surface area contributed by atoms with Crippen molar-refractivity contribution < 1.29 is 9.53 Å². The highest BCUT2D eigenvalue weighted by Gasteiger charge is 2.17. The lowest BCUT2D eigenvalue weighted by atomic mass is 10.1. The first-order valence-electron chi connectivity index (χ1n) is 10.0. The lowest BCUT2D eigenvalue weighted by molar-refractivity contribution is -0.131. The molecule has 0 aliphatic heterocycles. The number of hydrogen-bond donors (Lipinski definition) is 0. The van der Waals surface area contributed by atoms with Gasteiger partial charge in [-0.05, 0) is 37.4 Å². The third-order valence-corrected chi connectivity index (χ3v) is 5.25. The van der Waals surface area contributed by atoms with Gasteiger partial charge in [0.15, 0.2) is 0 Å². The Labute approximate surface area is 170 Å². The highest BCUT2D eigenvalue weighted by atomic mass is 16.5. The minimum atomic E-state index is 0.0876. The van der Waals surface area contributed by atoms with E-state index in [4.69, 9.17) is 9.72 Å². The number of fused-ring (bicyclic) bond motifs is 2. The van der Waals surface area contributed by atoms with Crippen molar-refractivity contribution in [1.82, 2.24) is 14.5 Å². The number of para-hydroxylation sites is 2. The number of likely N-dealkylation sites (N-methyl/N-ethyl adjacent to an activating group) is 1. The molecule has 148 valence electrons. The van der Waals surface area contributed by atoms with Crippen molar-refractivity contribution in [2.75, 3.05) is 13.1 Å². The number of benzene rings is 3. The maximum Gasteiger partial charge on any atom is 0.242 e. The molecule has 0 aliphatic carbocycles. The Morgan fingerprint density at radius 1 is 0.966 bits per heavy atom. The number of aromatic nitrogens is 2. The van der Waals surface area contributed by atoms with Crippen molar-refractivity contribution in [3.8, 4) is 5.75 Å². The van der Waals surface area contributed by atoms with Crippen molar-refractivity contribution in [3.05, 3.63) is 72.6 Å². The summed E-state index contributed by atoms with van der Waals surface area (Å²) in [6.45, 7) is 5.95. The second-order valence-electron chi connectivity index (χ2n) is 6.93. The normalized spacial score (nSPS) is 11.1. The monoisotopic (exact) mass is 387 g/mol. The van der Waals surface area contributed by atoms with Gasteiger partial charge >= 0.3 is 0 Å². The largest absolute Gasteiger partial charge is 0.485 e. The first-order chi connectivity index (χ1) is 14.2. The maximum atomic E-state index is 12.8. The summed E-state index contributed by atoms with van der Waals surface area (Å²) in [6.07, 6.45) is 0. The SMILES string of the molecule is CCN(CC)C(=O)Cn1c(COc2cccc3ccccc23)nc2ccccc21. The van der Waals surface area contributed by atoms with Crippen LogP contribution in [0, 0.1) is 0 Å². The van der Waals surface area contributed by atoms with Crippen LogP contribution in [-0.2, 0) is 17.9 Å². The van der Waals surface area contributed by atoms with E-state index < -0.39 is 0 Å². The minimum absolute atomic E-state index is 0.0876. The molecule has 0 atom stereocenters. The summed E-state index contributed by atoms with van der Waals surface area (Å²) in [4.78, 5) is 19.3. The van der Waals surface area contributed by atoms with E-state index in [1.807, 2.05) is 71.8 Å². The highest BCUT2D eigenvalue weighted by molar-refractivity contribution is 5.88. The molecule has 0 saturated heterocycles. The summed E-state index contributed by atoms with van der Waals surface area (Å²) in [5.41, 5.74) is 1.82. The molecule has 1 heterocycles. The number of carbonyl (C=O) groups is 1. The lowest BCUT2D eigenvalue weighted by Gasteiger charge is -2.20. The fourth-order valence-corrected chi connectivity index (χ4v) is 3.69. The van der Waals surface area contributed by atoms with Gasteiger partial charge in [-0.1, -0.05) is 48.5 Å². The smallest absolute Gasteiger partial charge is 0.242 e. The van der Waals surface area contributed by atoms with E-state index in [0.29, 0.717) is 19.7 Å². The third-order valence-electron chi connectivity index (χ3n) is 5.25. The summed E-state index contributed by atoms with van der Waals surface area (Å²) in [7, 11) is 0. The van der Waals surface area contributed by atoms with Crippen molar-refractivity contribution in [3.63, 3.8) is 0 Å². The van der Waals surface area contributed by atoms with Gasteiger partial charge in [-0.3, -0.25) is 4.79 Å². The van der Waals surface area contributed by atoms with Gasteiger partial charge in [0.05, 0.1) is 11.0 Å². The predicted octanol–water partition coefficient (Wildman–Crippen LogP) is 4.64. The molecular weight excluding hydrogens is 362 g/mol. The predicted molar refractivity (Wildman–Crippen MR) is 116 cm³/mol. The van der Waals surface area contributed by atoms with Gasteiger partial charge in [0.1, 0.15) is 24.7 Å². The van der Waals surface area contributed by atoms with Crippen molar-refractivity contribution in [2.24, 2.45) is 0 Å². The van der Waals surface area contributed by atoms with Crippen LogP contribution in [0.3, 0.4) is 0 Å². The molecule has 0 aliphatic rings. The lowest BCUT2D eigenvalue weighted by Crippen LogP contribution is -2.33. The van der Waals surface area contributed by atoms with Crippen molar-refractivity contribution in [2.45, 2.75) is 27.0 Å². The second kappa shape index (κ2) is 8.35. The van der Waals surface area contributed by atoms with Crippen molar-refractivity contribution >= 4 is 27.7 Å². The quantitative estimate of drug-likeness (QED) is 0.464. The zero-order chi connectivity index (χ0) is 20.2. The van der Waals surface area contributed by atoms with Crippen LogP contribution in [0.5, 0.6) is 5.75 Å². The van der Waals surface area contributed by atoms with Gasteiger partial charge in [-0.2, -0.15) is 0 Å². The van der Waals surface area contributed by atoms with Crippen LogP contribution in [0.4, 0.5) is 0 Å². The molecule has 0 N–H and O–H groups in total. The molecule has 0 unspecified atom stereocenters. The molecule has 0 bridgehead atoms. The Hall–Kier alpha value is -3.34. The van der Waals surface area contributed by atoms with E-state index in [0.717, 1.165) is 33.4 Å². The second-order valence-corrected chi connectivity index (χ2v) is 6.93. The summed E-state index contributed by atoms with van der Waals surface area (Å²) >= 11 is 0. The van der Waals surface area contributed by atoms with Crippen LogP contribution in [0.25, 0.3) is 21.8 Å². The molecule has 3 aromatic carbocycles. The Balaban J connectivity index is 1.65. The maximum absolute atomic E-state index is 12.8. The highest BCUT2D eigenvalue weighted by Crippen LogP contribution is 2.26. The average molecular weight is 387 g/mol. The molecule has 1 aromatic heterocycles. The summed E-state index contributed by atoms with van der Waals surface area (Å²) in [5.74, 6) is 1.65. The summed E-state index contributed by atoms with van der Waals surface area (Å²) < 4.78 is 8.14. The van der Waals surface area contributed by atoms with Crippen LogP contribution >= 0.6 is 0 Å². The van der Waals surface area contributed by atoms with Crippen molar-refractivity contribution in [1.29, 1.82) is 0 Å². The summed E-state index contributed by atoms with van der Waals surface area (Å²) in [6, 6.07) is 22.1. The summed E-state index contributed by atoms with van der Waals surface area (Å²) in [5, 5.41) is 2.20. The molecule has 5 nitrogen and oxygen atoms in total. The fourth-order valence-electron chi connectivity index (χ4n) is 3.69. The molecule has 0 radical (unpaired) electrons. The van der Waals surface area contributed by atoms with Crippen LogP contribution in [0.1, 0.15) is 19.7 Å². The molecule has 4 rings (SSSR count). The molecule has 4 aromatic rings. The zero-order valence-corrected chi connectivity index (χ0v) is 16.8. The zero-order valence-electron chi connectivity index (χ0n) is 16.8. The molecule has 1 amide bonds. The topological polar surface area (TPSA) is 47.4 Å². The number of rotatable bonds is 7. The molecular formula is C24H25N3O2. The van der Waals surface area contributed by atoms with Gasteiger partial charge < -0.3 is 14.2 Å². The fraction of sp³-hybridized carbons (Fsp3) is 0.250. The number of imidazole rings is 1.